The maximum Gasteiger partial charge on any atom is 0.417 e. The largest absolute Gasteiger partial charge is 0.417 e. The minimum Gasteiger partial charge on any atom is -0.393 e. The van der Waals surface area contributed by atoms with Gasteiger partial charge in [0.25, 0.3) is 0 Å². The number of alkyl halides is 3. The Morgan fingerprint density at radius 1 is 1.26 bits per heavy atom. The summed E-state index contributed by atoms with van der Waals surface area (Å²) in [5.74, 6) is 0.920. The van der Waals surface area contributed by atoms with Gasteiger partial charge in [-0.3, -0.25) is 0 Å². The van der Waals surface area contributed by atoms with E-state index in [9.17, 15) is 13.2 Å². The predicted octanol–water partition coefficient (Wildman–Crippen LogP) is 4.64. The highest BCUT2D eigenvalue weighted by Crippen LogP contribution is 2.36. The average molecular weight is 401 g/mol. The van der Waals surface area contributed by atoms with Gasteiger partial charge in [-0.2, -0.15) is 13.2 Å². The fourth-order valence-corrected chi connectivity index (χ4v) is 3.43. The molecule has 6 nitrogen and oxygen atoms in total. The Labute approximate surface area is 160 Å². The van der Waals surface area contributed by atoms with Crippen molar-refractivity contribution >= 4 is 34.7 Å². The molecule has 1 aliphatic rings. The Morgan fingerprint density at radius 3 is 2.70 bits per heavy atom. The van der Waals surface area contributed by atoms with E-state index >= 15 is 0 Å². The van der Waals surface area contributed by atoms with E-state index in [1.165, 1.54) is 6.33 Å². The number of nitrogens with zero attached hydrogens (tertiary/aromatic N) is 4. The summed E-state index contributed by atoms with van der Waals surface area (Å²) in [6, 6.07) is 1.16. The van der Waals surface area contributed by atoms with Crippen molar-refractivity contribution in [2.24, 2.45) is 0 Å². The quantitative estimate of drug-likeness (QED) is 0.778. The topological polar surface area (TPSA) is 80.0 Å². The van der Waals surface area contributed by atoms with Crippen molar-refractivity contribution in [2.45, 2.75) is 44.8 Å². The van der Waals surface area contributed by atoms with Crippen molar-refractivity contribution in [1.82, 2.24) is 15.0 Å². The van der Waals surface area contributed by atoms with Crippen molar-refractivity contribution in [3.8, 4) is 0 Å². The van der Waals surface area contributed by atoms with Crippen LogP contribution in [-0.2, 0) is 6.18 Å². The van der Waals surface area contributed by atoms with Gasteiger partial charge in [-0.05, 0) is 31.7 Å². The molecule has 0 aromatic carbocycles. The van der Waals surface area contributed by atoms with Gasteiger partial charge >= 0.3 is 6.18 Å². The predicted molar refractivity (Wildman–Crippen MR) is 99.3 cm³/mol. The molecule has 0 amide bonds. The molecule has 0 saturated carbocycles. The highest BCUT2D eigenvalue weighted by atomic mass is 35.5. The standard InChI is InChI=1S/C17H20ClF3N6/c1-2-11-5-3-4-6-27(11)16-13(22)15(24-9-25-16)26-14-12(18)7-10(8-23-14)17(19,20)21/h7-9,11H,2-6,22H2,1H3,(H,23,24,25,26). The second-order valence-electron chi connectivity index (χ2n) is 6.39. The van der Waals surface area contributed by atoms with Crippen LogP contribution in [0.1, 0.15) is 38.2 Å². The highest BCUT2D eigenvalue weighted by molar-refractivity contribution is 6.33. The van der Waals surface area contributed by atoms with Gasteiger partial charge in [-0.15, -0.1) is 0 Å². The highest BCUT2D eigenvalue weighted by Gasteiger charge is 2.32. The zero-order valence-corrected chi connectivity index (χ0v) is 15.5. The van der Waals surface area contributed by atoms with E-state index in [4.69, 9.17) is 17.3 Å². The number of rotatable bonds is 4. The molecule has 10 heteroatoms. The van der Waals surface area contributed by atoms with Gasteiger partial charge in [0.2, 0.25) is 0 Å². The van der Waals surface area contributed by atoms with Crippen LogP contribution in [0.5, 0.6) is 0 Å². The fraction of sp³-hybridized carbons (Fsp3) is 0.471. The molecule has 146 valence electrons. The molecule has 0 aliphatic carbocycles. The van der Waals surface area contributed by atoms with Crippen LogP contribution < -0.4 is 16.0 Å². The van der Waals surface area contributed by atoms with Crippen LogP contribution in [0.25, 0.3) is 0 Å². The van der Waals surface area contributed by atoms with E-state index in [1.807, 2.05) is 0 Å². The Hall–Kier alpha value is -2.29. The molecule has 2 aromatic heterocycles. The molecule has 3 heterocycles. The third-order valence-electron chi connectivity index (χ3n) is 4.64. The molecule has 1 atom stereocenters. The monoisotopic (exact) mass is 400 g/mol. The molecule has 1 fully saturated rings. The first kappa shape index (κ1) is 19.5. The zero-order valence-electron chi connectivity index (χ0n) is 14.7. The summed E-state index contributed by atoms with van der Waals surface area (Å²) in [6.45, 7) is 2.96. The Balaban J connectivity index is 1.88. The number of aromatic nitrogens is 3. The number of hydrogen-bond donors (Lipinski definition) is 2. The second kappa shape index (κ2) is 7.75. The van der Waals surface area contributed by atoms with Crippen LogP contribution in [0.15, 0.2) is 18.6 Å². The lowest BCUT2D eigenvalue weighted by Crippen LogP contribution is -2.40. The van der Waals surface area contributed by atoms with E-state index in [0.717, 1.165) is 38.3 Å². The van der Waals surface area contributed by atoms with Gasteiger partial charge in [0.15, 0.2) is 11.6 Å². The molecule has 0 spiro atoms. The summed E-state index contributed by atoms with van der Waals surface area (Å²) in [5, 5.41) is 2.65. The van der Waals surface area contributed by atoms with Crippen molar-refractivity contribution < 1.29 is 13.2 Å². The molecule has 1 aliphatic heterocycles. The lowest BCUT2D eigenvalue weighted by atomic mass is 10.00. The van der Waals surface area contributed by atoms with Crippen LogP contribution in [-0.4, -0.2) is 27.5 Å². The number of nitrogens with two attached hydrogens (primary N) is 1. The summed E-state index contributed by atoms with van der Waals surface area (Å²) >= 11 is 5.95. The smallest absolute Gasteiger partial charge is 0.393 e. The van der Waals surface area contributed by atoms with Crippen molar-refractivity contribution in [3.63, 3.8) is 0 Å². The average Bonchev–Trinajstić information content (AvgIpc) is 2.64. The van der Waals surface area contributed by atoms with E-state index in [1.54, 1.807) is 0 Å². The molecule has 3 rings (SSSR count). The Morgan fingerprint density at radius 2 is 2.04 bits per heavy atom. The summed E-state index contributed by atoms with van der Waals surface area (Å²) in [4.78, 5) is 14.3. The Kier molecular flexibility index (Phi) is 5.59. The van der Waals surface area contributed by atoms with E-state index in [0.29, 0.717) is 23.7 Å². The minimum absolute atomic E-state index is 0.0479. The van der Waals surface area contributed by atoms with Gasteiger partial charge in [0.05, 0.1) is 10.6 Å². The van der Waals surface area contributed by atoms with E-state index in [-0.39, 0.29) is 16.7 Å². The van der Waals surface area contributed by atoms with Crippen LogP contribution in [0, 0.1) is 0 Å². The third-order valence-corrected chi connectivity index (χ3v) is 4.93. The lowest BCUT2D eigenvalue weighted by molar-refractivity contribution is -0.137. The van der Waals surface area contributed by atoms with Crippen LogP contribution in [0.4, 0.5) is 36.3 Å². The molecule has 3 N–H and O–H groups in total. The number of piperidine rings is 1. The van der Waals surface area contributed by atoms with Crippen LogP contribution in [0.3, 0.4) is 0 Å². The molecule has 0 radical (unpaired) electrons. The van der Waals surface area contributed by atoms with Crippen molar-refractivity contribution in [1.29, 1.82) is 0 Å². The van der Waals surface area contributed by atoms with Gasteiger partial charge in [-0.25, -0.2) is 15.0 Å². The van der Waals surface area contributed by atoms with Gasteiger partial charge in [0.1, 0.15) is 17.8 Å². The van der Waals surface area contributed by atoms with Crippen molar-refractivity contribution in [3.05, 3.63) is 29.2 Å². The van der Waals surface area contributed by atoms with Crippen LogP contribution in [0.2, 0.25) is 5.02 Å². The first-order valence-electron chi connectivity index (χ1n) is 8.68. The number of anilines is 4. The SMILES string of the molecule is CCC1CCCCN1c1ncnc(Nc2ncc(C(F)(F)F)cc2Cl)c1N. The normalized spacial score (nSPS) is 17.8. The summed E-state index contributed by atoms with van der Waals surface area (Å²) in [6.07, 6.45) is 1.82. The zero-order chi connectivity index (χ0) is 19.6. The molecule has 2 aromatic rings. The lowest BCUT2D eigenvalue weighted by Gasteiger charge is -2.36. The minimum atomic E-state index is -4.51. The second-order valence-corrected chi connectivity index (χ2v) is 6.80. The Bertz CT molecular complexity index is 814. The molecular formula is C17H20ClF3N6. The van der Waals surface area contributed by atoms with E-state index < -0.39 is 11.7 Å². The van der Waals surface area contributed by atoms with E-state index in [2.05, 4.69) is 32.1 Å². The first-order chi connectivity index (χ1) is 12.8. The third kappa shape index (κ3) is 4.18. The number of nitrogen functional groups attached to an aromatic ring is 1. The molecule has 1 unspecified atom stereocenters. The summed E-state index contributed by atoms with van der Waals surface area (Å²) in [7, 11) is 0. The summed E-state index contributed by atoms with van der Waals surface area (Å²) < 4.78 is 38.3. The number of pyridine rings is 1. The number of hydrogen-bond acceptors (Lipinski definition) is 6. The first-order valence-corrected chi connectivity index (χ1v) is 9.06. The van der Waals surface area contributed by atoms with Gasteiger partial charge in [-0.1, -0.05) is 18.5 Å². The van der Waals surface area contributed by atoms with Gasteiger partial charge < -0.3 is 16.0 Å². The van der Waals surface area contributed by atoms with Gasteiger partial charge in [0, 0.05) is 18.8 Å². The maximum absolute atomic E-state index is 12.8. The molecule has 1 saturated heterocycles. The molecular weight excluding hydrogens is 381 g/mol. The summed E-state index contributed by atoms with van der Waals surface area (Å²) in [5.41, 5.74) is 5.64. The van der Waals surface area contributed by atoms with Crippen molar-refractivity contribution in [2.75, 3.05) is 22.5 Å². The fourth-order valence-electron chi connectivity index (χ4n) is 3.22. The molecule has 27 heavy (non-hydrogen) atoms. The maximum atomic E-state index is 12.8. The number of nitrogens with one attached hydrogen (secondary N) is 1. The number of halogens is 4. The van der Waals surface area contributed by atoms with Crippen LogP contribution >= 0.6 is 11.6 Å². The molecule has 0 bridgehead atoms.